The molecule has 152 valence electrons. The van der Waals surface area contributed by atoms with E-state index in [0.29, 0.717) is 10.9 Å². The lowest BCUT2D eigenvalue weighted by molar-refractivity contribution is 0.311. The number of rotatable bonds is 4. The molecule has 4 aromatic rings. The average molecular weight is 420 g/mol. The highest BCUT2D eigenvalue weighted by Gasteiger charge is 2.16. The van der Waals surface area contributed by atoms with E-state index in [2.05, 4.69) is 36.8 Å². The molecule has 9 heteroatoms. The molecule has 0 spiro atoms. The van der Waals surface area contributed by atoms with Crippen LogP contribution in [0.4, 0.5) is 11.1 Å². The van der Waals surface area contributed by atoms with E-state index < -0.39 is 0 Å². The van der Waals surface area contributed by atoms with Gasteiger partial charge in [-0.1, -0.05) is 11.3 Å². The molecule has 30 heavy (non-hydrogen) atoms. The van der Waals surface area contributed by atoms with Crippen LogP contribution in [-0.2, 0) is 0 Å². The summed E-state index contributed by atoms with van der Waals surface area (Å²) in [5, 5.41) is 0.549. The van der Waals surface area contributed by atoms with Gasteiger partial charge < -0.3 is 20.3 Å². The van der Waals surface area contributed by atoms with E-state index in [4.69, 9.17) is 10.5 Å². The summed E-state index contributed by atoms with van der Waals surface area (Å²) in [6.07, 6.45) is 5.36. The fourth-order valence-electron chi connectivity index (χ4n) is 3.38. The highest BCUT2D eigenvalue weighted by atomic mass is 32.1. The van der Waals surface area contributed by atoms with E-state index in [9.17, 15) is 0 Å². The Morgan fingerprint density at radius 1 is 0.967 bits per heavy atom. The van der Waals surface area contributed by atoms with Crippen molar-refractivity contribution in [1.82, 2.24) is 24.8 Å². The molecule has 3 aromatic heterocycles. The zero-order valence-corrected chi connectivity index (χ0v) is 17.3. The quantitative estimate of drug-likeness (QED) is 0.539. The Bertz CT molecular complexity index is 1170. The van der Waals surface area contributed by atoms with Gasteiger partial charge in [0.2, 0.25) is 5.95 Å². The number of hydrogen-bond acceptors (Lipinski definition) is 9. The summed E-state index contributed by atoms with van der Waals surface area (Å²) in [6, 6.07) is 9.45. The van der Waals surface area contributed by atoms with Crippen molar-refractivity contribution >= 4 is 32.6 Å². The lowest BCUT2D eigenvalue weighted by atomic mass is 10.2. The Morgan fingerprint density at radius 2 is 1.73 bits per heavy atom. The standard InChI is InChI=1S/C21H21N7OS/c1-27-6-8-28(9-7-27)21-24-12-14(13-25-21)18-10-16(4-5-23-18)29-15-2-3-17-19(11-15)30-20(22)26-17/h2-5,10-13H,6-9H2,1H3,(H2,22,26). The van der Waals surface area contributed by atoms with Gasteiger partial charge in [-0.25, -0.2) is 15.0 Å². The van der Waals surface area contributed by atoms with Crippen LogP contribution in [0.5, 0.6) is 11.5 Å². The average Bonchev–Trinajstić information content (AvgIpc) is 3.14. The Hall–Kier alpha value is -3.30. The van der Waals surface area contributed by atoms with Gasteiger partial charge in [0.15, 0.2) is 5.13 Å². The maximum Gasteiger partial charge on any atom is 0.225 e. The SMILES string of the molecule is CN1CCN(c2ncc(-c3cc(Oc4ccc5nc(N)sc5c4)ccn3)cn2)CC1. The number of thiazole rings is 1. The molecule has 1 fully saturated rings. The highest BCUT2D eigenvalue weighted by molar-refractivity contribution is 7.22. The first-order chi connectivity index (χ1) is 14.6. The van der Waals surface area contributed by atoms with Gasteiger partial charge >= 0.3 is 0 Å². The molecule has 1 aliphatic rings. The van der Waals surface area contributed by atoms with Crippen molar-refractivity contribution in [3.05, 3.63) is 48.9 Å². The molecule has 1 aliphatic heterocycles. The van der Waals surface area contributed by atoms with E-state index in [-0.39, 0.29) is 0 Å². The fraction of sp³-hybridized carbons (Fsp3) is 0.238. The van der Waals surface area contributed by atoms with Gasteiger partial charge in [0.25, 0.3) is 0 Å². The second-order valence-corrected chi connectivity index (χ2v) is 8.28. The van der Waals surface area contributed by atoms with E-state index in [1.54, 1.807) is 6.20 Å². The van der Waals surface area contributed by atoms with E-state index in [1.165, 1.54) is 11.3 Å². The molecular formula is C21H21N7OS. The summed E-state index contributed by atoms with van der Waals surface area (Å²) in [5.74, 6) is 2.18. The number of nitrogen functional groups attached to an aromatic ring is 1. The molecule has 8 nitrogen and oxygen atoms in total. The van der Waals surface area contributed by atoms with Crippen LogP contribution < -0.4 is 15.4 Å². The number of fused-ring (bicyclic) bond motifs is 1. The van der Waals surface area contributed by atoms with Crippen molar-refractivity contribution < 1.29 is 4.74 Å². The Labute approximate surface area is 178 Å². The van der Waals surface area contributed by atoms with Gasteiger partial charge in [-0.05, 0) is 25.2 Å². The Kier molecular flexibility index (Phi) is 4.89. The van der Waals surface area contributed by atoms with Gasteiger partial charge in [0.1, 0.15) is 11.5 Å². The second kappa shape index (κ2) is 7.85. The summed E-state index contributed by atoms with van der Waals surface area (Å²) < 4.78 is 7.02. The number of hydrogen-bond donors (Lipinski definition) is 1. The lowest BCUT2D eigenvalue weighted by Crippen LogP contribution is -2.45. The van der Waals surface area contributed by atoms with Gasteiger partial charge in [0.05, 0.1) is 15.9 Å². The third kappa shape index (κ3) is 3.89. The minimum atomic E-state index is 0.549. The van der Waals surface area contributed by atoms with Crippen molar-refractivity contribution in [2.75, 3.05) is 43.9 Å². The third-order valence-electron chi connectivity index (χ3n) is 5.06. The number of aromatic nitrogens is 4. The first-order valence-electron chi connectivity index (χ1n) is 9.70. The van der Waals surface area contributed by atoms with Gasteiger partial charge in [-0.15, -0.1) is 0 Å². The van der Waals surface area contributed by atoms with Crippen LogP contribution in [0.25, 0.3) is 21.5 Å². The molecule has 0 unspecified atom stereocenters. The molecule has 2 N–H and O–H groups in total. The van der Waals surface area contributed by atoms with Crippen molar-refractivity contribution in [3.63, 3.8) is 0 Å². The minimum Gasteiger partial charge on any atom is -0.457 e. The lowest BCUT2D eigenvalue weighted by Gasteiger charge is -2.32. The monoisotopic (exact) mass is 419 g/mol. The molecule has 0 amide bonds. The molecule has 1 aromatic carbocycles. The summed E-state index contributed by atoms with van der Waals surface area (Å²) in [4.78, 5) is 22.3. The molecule has 0 bridgehead atoms. The second-order valence-electron chi connectivity index (χ2n) is 7.22. The zero-order chi connectivity index (χ0) is 20.5. The molecule has 1 saturated heterocycles. The van der Waals surface area contributed by atoms with Crippen LogP contribution in [0.1, 0.15) is 0 Å². The summed E-state index contributed by atoms with van der Waals surface area (Å²) >= 11 is 1.44. The van der Waals surface area contributed by atoms with Crippen LogP contribution in [0, 0.1) is 0 Å². The topological polar surface area (TPSA) is 93.3 Å². The number of benzene rings is 1. The first-order valence-corrected chi connectivity index (χ1v) is 10.5. The number of anilines is 2. The number of nitrogens with two attached hydrogens (primary N) is 1. The highest BCUT2D eigenvalue weighted by Crippen LogP contribution is 2.31. The van der Waals surface area contributed by atoms with E-state index >= 15 is 0 Å². The number of likely N-dealkylation sites (N-methyl/N-ethyl adjacent to an activating group) is 1. The first kappa shape index (κ1) is 18.7. The molecular weight excluding hydrogens is 398 g/mol. The molecule has 5 rings (SSSR count). The number of pyridine rings is 1. The number of piperazine rings is 1. The molecule has 0 radical (unpaired) electrons. The molecule has 0 atom stereocenters. The van der Waals surface area contributed by atoms with Crippen LogP contribution in [0.3, 0.4) is 0 Å². The van der Waals surface area contributed by atoms with Crippen LogP contribution in [0.2, 0.25) is 0 Å². The Morgan fingerprint density at radius 3 is 2.53 bits per heavy atom. The largest absolute Gasteiger partial charge is 0.457 e. The normalized spacial score (nSPS) is 14.9. The minimum absolute atomic E-state index is 0.549. The Balaban J connectivity index is 1.33. The van der Waals surface area contributed by atoms with Crippen LogP contribution in [0.15, 0.2) is 48.9 Å². The maximum absolute atomic E-state index is 6.03. The predicted octanol–water partition coefficient (Wildman–Crippen LogP) is 3.27. The van der Waals surface area contributed by atoms with Crippen LogP contribution in [-0.4, -0.2) is 58.1 Å². The smallest absolute Gasteiger partial charge is 0.225 e. The predicted molar refractivity (Wildman–Crippen MR) is 119 cm³/mol. The summed E-state index contributed by atoms with van der Waals surface area (Å²) in [7, 11) is 2.13. The molecule has 4 heterocycles. The fourth-order valence-corrected chi connectivity index (χ4v) is 4.14. The number of ether oxygens (including phenoxy) is 1. The van der Waals surface area contributed by atoms with Gasteiger partial charge in [0, 0.05) is 62.5 Å². The van der Waals surface area contributed by atoms with Crippen molar-refractivity contribution in [2.24, 2.45) is 0 Å². The third-order valence-corrected chi connectivity index (χ3v) is 5.91. The van der Waals surface area contributed by atoms with E-state index in [1.807, 2.05) is 42.7 Å². The molecule has 0 aliphatic carbocycles. The van der Waals surface area contributed by atoms with Crippen molar-refractivity contribution in [1.29, 1.82) is 0 Å². The van der Waals surface area contributed by atoms with Crippen molar-refractivity contribution in [3.8, 4) is 22.8 Å². The molecule has 0 saturated carbocycles. The van der Waals surface area contributed by atoms with Crippen molar-refractivity contribution in [2.45, 2.75) is 0 Å². The maximum atomic E-state index is 6.03. The van der Waals surface area contributed by atoms with Gasteiger partial charge in [-0.3, -0.25) is 4.98 Å². The van der Waals surface area contributed by atoms with Gasteiger partial charge in [-0.2, -0.15) is 0 Å². The zero-order valence-electron chi connectivity index (χ0n) is 16.5. The number of nitrogens with zero attached hydrogens (tertiary/aromatic N) is 6. The van der Waals surface area contributed by atoms with E-state index in [0.717, 1.165) is 59.4 Å². The summed E-state index contributed by atoms with van der Waals surface area (Å²) in [5.41, 5.74) is 8.27. The van der Waals surface area contributed by atoms with Crippen LogP contribution >= 0.6 is 11.3 Å². The summed E-state index contributed by atoms with van der Waals surface area (Å²) in [6.45, 7) is 3.91.